The average Bonchev–Trinajstić information content (AvgIpc) is 2.92. The molecule has 4 heteroatoms. The molecule has 0 aliphatic heterocycles. The van der Waals surface area contributed by atoms with Crippen LogP contribution >= 0.6 is 0 Å². The molecule has 0 amide bonds. The quantitative estimate of drug-likeness (QED) is 0.840. The molecule has 0 saturated carbocycles. The van der Waals surface area contributed by atoms with E-state index >= 15 is 0 Å². The third-order valence-electron chi connectivity index (χ3n) is 3.39. The van der Waals surface area contributed by atoms with Gasteiger partial charge in [-0.1, -0.05) is 36.3 Å². The van der Waals surface area contributed by atoms with Gasteiger partial charge in [0.15, 0.2) is 0 Å². The Morgan fingerprint density at radius 1 is 1.30 bits per heavy atom. The molecule has 4 nitrogen and oxygen atoms in total. The first-order valence-electron chi connectivity index (χ1n) is 7.32. The summed E-state index contributed by atoms with van der Waals surface area (Å²) >= 11 is 0. The van der Waals surface area contributed by atoms with Crippen LogP contribution in [0.5, 0.6) is 0 Å². The summed E-state index contributed by atoms with van der Waals surface area (Å²) in [6, 6.07) is 8.57. The van der Waals surface area contributed by atoms with Gasteiger partial charge in [-0.3, -0.25) is 0 Å². The highest BCUT2D eigenvalue weighted by molar-refractivity contribution is 5.58. The molecular weight excluding hydrogens is 250 g/mol. The van der Waals surface area contributed by atoms with Crippen LogP contribution < -0.4 is 5.32 Å². The monoisotopic (exact) mass is 273 g/mol. The highest BCUT2D eigenvalue weighted by Crippen LogP contribution is 2.20. The van der Waals surface area contributed by atoms with Crippen LogP contribution in [0.25, 0.3) is 11.4 Å². The van der Waals surface area contributed by atoms with Crippen LogP contribution in [0.1, 0.15) is 38.1 Å². The molecule has 2 rings (SSSR count). The maximum absolute atomic E-state index is 5.34. The molecule has 2 aromatic rings. The van der Waals surface area contributed by atoms with Gasteiger partial charge < -0.3 is 9.84 Å². The van der Waals surface area contributed by atoms with E-state index in [2.05, 4.69) is 42.3 Å². The maximum Gasteiger partial charge on any atom is 0.227 e. The molecule has 0 saturated heterocycles. The van der Waals surface area contributed by atoms with Crippen molar-refractivity contribution in [2.24, 2.45) is 0 Å². The molecule has 0 radical (unpaired) electrons. The predicted molar refractivity (Wildman–Crippen MR) is 80.5 cm³/mol. The second kappa shape index (κ2) is 7.20. The standard InChI is InChI=1S/C16H23N3O/c1-4-11-17-13(3)9-10-15-18-16(19-20-15)14-8-6-5-7-12(14)2/h5-8,13,17H,4,9-11H2,1-3H3. The van der Waals surface area contributed by atoms with Crippen molar-refractivity contribution in [3.63, 3.8) is 0 Å². The van der Waals surface area contributed by atoms with Crippen molar-refractivity contribution < 1.29 is 4.52 Å². The van der Waals surface area contributed by atoms with Crippen molar-refractivity contribution in [3.05, 3.63) is 35.7 Å². The second-order valence-electron chi connectivity index (χ2n) is 5.22. The van der Waals surface area contributed by atoms with Crippen LogP contribution in [0.2, 0.25) is 0 Å². The summed E-state index contributed by atoms with van der Waals surface area (Å²) in [6.07, 6.45) is 2.98. The lowest BCUT2D eigenvalue weighted by atomic mass is 10.1. The molecule has 1 atom stereocenters. The third-order valence-corrected chi connectivity index (χ3v) is 3.39. The third kappa shape index (κ3) is 3.90. The normalized spacial score (nSPS) is 12.6. The first-order chi connectivity index (χ1) is 9.70. The first-order valence-corrected chi connectivity index (χ1v) is 7.32. The minimum atomic E-state index is 0.476. The Hall–Kier alpha value is -1.68. The van der Waals surface area contributed by atoms with Crippen molar-refractivity contribution in [2.75, 3.05) is 6.54 Å². The van der Waals surface area contributed by atoms with E-state index in [9.17, 15) is 0 Å². The Morgan fingerprint density at radius 2 is 2.10 bits per heavy atom. The molecule has 1 unspecified atom stereocenters. The highest BCUT2D eigenvalue weighted by atomic mass is 16.5. The van der Waals surface area contributed by atoms with Crippen molar-refractivity contribution in [1.82, 2.24) is 15.5 Å². The number of benzene rings is 1. The van der Waals surface area contributed by atoms with E-state index in [1.54, 1.807) is 0 Å². The van der Waals surface area contributed by atoms with Gasteiger partial charge in [0.1, 0.15) is 0 Å². The number of aryl methyl sites for hydroxylation is 2. The topological polar surface area (TPSA) is 51.0 Å². The molecule has 20 heavy (non-hydrogen) atoms. The number of nitrogens with one attached hydrogen (secondary N) is 1. The SMILES string of the molecule is CCCNC(C)CCc1nc(-c2ccccc2C)no1. The number of hydrogen-bond acceptors (Lipinski definition) is 4. The van der Waals surface area contributed by atoms with Crippen LogP contribution in [0.4, 0.5) is 0 Å². The van der Waals surface area contributed by atoms with Gasteiger partial charge in [-0.15, -0.1) is 0 Å². The van der Waals surface area contributed by atoms with Crippen LogP contribution in [0.15, 0.2) is 28.8 Å². The van der Waals surface area contributed by atoms with E-state index < -0.39 is 0 Å². The van der Waals surface area contributed by atoms with E-state index in [1.165, 1.54) is 0 Å². The van der Waals surface area contributed by atoms with Gasteiger partial charge in [0.05, 0.1) is 0 Å². The molecule has 0 aliphatic rings. The smallest absolute Gasteiger partial charge is 0.227 e. The minimum Gasteiger partial charge on any atom is -0.339 e. The minimum absolute atomic E-state index is 0.476. The Labute approximate surface area is 120 Å². The molecule has 1 aromatic carbocycles. The van der Waals surface area contributed by atoms with Gasteiger partial charge in [0.2, 0.25) is 11.7 Å². The number of aromatic nitrogens is 2. The fourth-order valence-electron chi connectivity index (χ4n) is 2.12. The summed E-state index contributed by atoms with van der Waals surface area (Å²) in [5.41, 5.74) is 2.21. The first kappa shape index (κ1) is 14.7. The summed E-state index contributed by atoms with van der Waals surface area (Å²) in [5.74, 6) is 1.40. The molecule has 0 spiro atoms. The van der Waals surface area contributed by atoms with Crippen molar-refractivity contribution in [1.29, 1.82) is 0 Å². The molecule has 1 aromatic heterocycles. The zero-order valence-electron chi connectivity index (χ0n) is 12.5. The summed E-state index contributed by atoms with van der Waals surface area (Å²) in [5, 5.41) is 7.54. The van der Waals surface area contributed by atoms with Crippen LogP contribution in [0.3, 0.4) is 0 Å². The predicted octanol–water partition coefficient (Wildman–Crippen LogP) is 3.37. The van der Waals surface area contributed by atoms with Crippen LogP contribution in [-0.4, -0.2) is 22.7 Å². The molecule has 0 bridgehead atoms. The summed E-state index contributed by atoms with van der Waals surface area (Å²) < 4.78 is 5.34. The van der Waals surface area contributed by atoms with E-state index in [0.717, 1.165) is 36.9 Å². The zero-order chi connectivity index (χ0) is 14.4. The summed E-state index contributed by atoms with van der Waals surface area (Å²) in [4.78, 5) is 4.49. The zero-order valence-corrected chi connectivity index (χ0v) is 12.5. The molecule has 0 fully saturated rings. The largest absolute Gasteiger partial charge is 0.339 e. The molecular formula is C16H23N3O. The van der Waals surface area contributed by atoms with Gasteiger partial charge in [-0.05, 0) is 38.8 Å². The lowest BCUT2D eigenvalue weighted by Gasteiger charge is -2.10. The lowest BCUT2D eigenvalue weighted by molar-refractivity contribution is 0.367. The van der Waals surface area contributed by atoms with Gasteiger partial charge in [0, 0.05) is 18.0 Å². The van der Waals surface area contributed by atoms with Gasteiger partial charge in [-0.25, -0.2) is 0 Å². The Balaban J connectivity index is 1.94. The number of nitrogens with zero attached hydrogens (tertiary/aromatic N) is 2. The average molecular weight is 273 g/mol. The molecule has 108 valence electrons. The van der Waals surface area contributed by atoms with Gasteiger partial charge in [-0.2, -0.15) is 4.98 Å². The van der Waals surface area contributed by atoms with Crippen LogP contribution in [-0.2, 0) is 6.42 Å². The van der Waals surface area contributed by atoms with Gasteiger partial charge in [0.25, 0.3) is 0 Å². The lowest BCUT2D eigenvalue weighted by Crippen LogP contribution is -2.27. The Kier molecular flexibility index (Phi) is 5.30. The summed E-state index contributed by atoms with van der Waals surface area (Å²) in [6.45, 7) is 7.47. The molecule has 1 N–H and O–H groups in total. The van der Waals surface area contributed by atoms with E-state index in [4.69, 9.17) is 4.52 Å². The fourth-order valence-corrected chi connectivity index (χ4v) is 2.12. The van der Waals surface area contributed by atoms with Crippen molar-refractivity contribution in [2.45, 2.75) is 46.1 Å². The number of rotatable bonds is 7. The molecule has 1 heterocycles. The van der Waals surface area contributed by atoms with Crippen LogP contribution in [0, 0.1) is 6.92 Å². The summed E-state index contributed by atoms with van der Waals surface area (Å²) in [7, 11) is 0. The second-order valence-corrected chi connectivity index (χ2v) is 5.22. The van der Waals surface area contributed by atoms with E-state index in [1.807, 2.05) is 18.2 Å². The van der Waals surface area contributed by atoms with Crippen molar-refractivity contribution >= 4 is 0 Å². The fraction of sp³-hybridized carbons (Fsp3) is 0.500. The molecule has 0 aliphatic carbocycles. The van der Waals surface area contributed by atoms with Crippen molar-refractivity contribution in [3.8, 4) is 11.4 Å². The Bertz CT molecular complexity index is 536. The van der Waals surface area contributed by atoms with E-state index in [0.29, 0.717) is 17.8 Å². The van der Waals surface area contributed by atoms with Gasteiger partial charge >= 0.3 is 0 Å². The highest BCUT2D eigenvalue weighted by Gasteiger charge is 2.11. The Morgan fingerprint density at radius 3 is 2.85 bits per heavy atom. The van der Waals surface area contributed by atoms with E-state index in [-0.39, 0.29) is 0 Å². The maximum atomic E-state index is 5.34. The number of hydrogen-bond donors (Lipinski definition) is 1.